The van der Waals surface area contributed by atoms with Crippen molar-refractivity contribution < 1.29 is 14.7 Å². The number of amides is 3. The first-order valence-corrected chi connectivity index (χ1v) is 6.10. The number of nitrogens with one attached hydrogen (secondary N) is 2. The zero-order valence-corrected chi connectivity index (χ0v) is 10.2. The molecule has 17 heavy (non-hydrogen) atoms. The second-order valence-electron chi connectivity index (χ2n) is 4.34. The molecule has 0 bridgehead atoms. The lowest BCUT2D eigenvalue weighted by molar-refractivity contribution is -0.121. The molecule has 1 aliphatic heterocycles. The first-order chi connectivity index (χ1) is 8.11. The van der Waals surface area contributed by atoms with Crippen molar-refractivity contribution in [3.05, 3.63) is 0 Å². The smallest absolute Gasteiger partial charge is 0.321 e. The fourth-order valence-corrected chi connectivity index (χ4v) is 1.75. The standard InChI is InChI=1S/C11H21N3O3/c1-2-3-5-12-11(17)13-10(16)8-14-6-4-9(15)7-14/h9,15H,2-8H2,1H3,(H2,12,13,16,17)/t9-/m1/s1. The van der Waals surface area contributed by atoms with E-state index in [1.54, 1.807) is 0 Å². The van der Waals surface area contributed by atoms with Gasteiger partial charge in [-0.15, -0.1) is 0 Å². The first kappa shape index (κ1) is 13.9. The van der Waals surface area contributed by atoms with E-state index < -0.39 is 6.03 Å². The Hall–Kier alpha value is -1.14. The topological polar surface area (TPSA) is 81.7 Å². The number of carbonyl (C=O) groups excluding carboxylic acids is 2. The summed E-state index contributed by atoms with van der Waals surface area (Å²) >= 11 is 0. The molecule has 0 aliphatic carbocycles. The highest BCUT2D eigenvalue weighted by Gasteiger charge is 2.22. The molecular weight excluding hydrogens is 222 g/mol. The van der Waals surface area contributed by atoms with Gasteiger partial charge in [0.2, 0.25) is 5.91 Å². The SMILES string of the molecule is CCCCNC(=O)NC(=O)CN1CC[C@@H](O)C1. The maximum Gasteiger partial charge on any atom is 0.321 e. The summed E-state index contributed by atoms with van der Waals surface area (Å²) in [4.78, 5) is 24.5. The van der Waals surface area contributed by atoms with Crippen LogP contribution in [0.1, 0.15) is 26.2 Å². The number of urea groups is 1. The van der Waals surface area contributed by atoms with Crippen molar-refractivity contribution in [1.82, 2.24) is 15.5 Å². The van der Waals surface area contributed by atoms with Gasteiger partial charge in [0.05, 0.1) is 12.6 Å². The van der Waals surface area contributed by atoms with Crippen LogP contribution >= 0.6 is 0 Å². The van der Waals surface area contributed by atoms with Crippen molar-refractivity contribution in [2.24, 2.45) is 0 Å². The van der Waals surface area contributed by atoms with E-state index in [9.17, 15) is 14.7 Å². The van der Waals surface area contributed by atoms with Gasteiger partial charge in [-0.3, -0.25) is 15.0 Å². The molecule has 6 heteroatoms. The Kier molecular flexibility index (Phi) is 5.93. The van der Waals surface area contributed by atoms with Crippen LogP contribution in [0, 0.1) is 0 Å². The van der Waals surface area contributed by atoms with E-state index in [2.05, 4.69) is 10.6 Å². The third-order valence-corrected chi connectivity index (χ3v) is 2.68. The minimum atomic E-state index is -0.441. The van der Waals surface area contributed by atoms with E-state index in [0.29, 0.717) is 26.1 Å². The molecule has 1 heterocycles. The second-order valence-corrected chi connectivity index (χ2v) is 4.34. The molecule has 0 aromatic carbocycles. The van der Waals surface area contributed by atoms with Crippen molar-refractivity contribution in [3.63, 3.8) is 0 Å². The summed E-state index contributed by atoms with van der Waals surface area (Å²) in [5.74, 6) is -0.326. The predicted molar refractivity (Wildman–Crippen MR) is 63.5 cm³/mol. The van der Waals surface area contributed by atoms with Gasteiger partial charge in [-0.05, 0) is 12.8 Å². The Labute approximate surface area is 101 Å². The van der Waals surface area contributed by atoms with Crippen molar-refractivity contribution in [3.8, 4) is 0 Å². The summed E-state index contributed by atoms with van der Waals surface area (Å²) in [6.45, 7) is 3.98. The fourth-order valence-electron chi connectivity index (χ4n) is 1.75. The van der Waals surface area contributed by atoms with Crippen molar-refractivity contribution in [2.75, 3.05) is 26.2 Å². The number of rotatable bonds is 5. The van der Waals surface area contributed by atoms with Gasteiger partial charge >= 0.3 is 6.03 Å². The Morgan fingerprint density at radius 1 is 1.47 bits per heavy atom. The number of aliphatic hydroxyl groups is 1. The quantitative estimate of drug-likeness (QED) is 0.578. The predicted octanol–water partition coefficient (Wildman–Crippen LogP) is -0.321. The van der Waals surface area contributed by atoms with E-state index in [1.807, 2.05) is 11.8 Å². The molecule has 1 aliphatic rings. The molecule has 0 radical (unpaired) electrons. The van der Waals surface area contributed by atoms with Crippen molar-refractivity contribution >= 4 is 11.9 Å². The van der Waals surface area contributed by atoms with Gasteiger partial charge in [0.25, 0.3) is 0 Å². The maximum absolute atomic E-state index is 11.5. The molecule has 0 saturated carbocycles. The average Bonchev–Trinajstić information content (AvgIpc) is 2.64. The summed E-state index contributed by atoms with van der Waals surface area (Å²) in [6.07, 6.45) is 2.25. The molecule has 3 amide bonds. The van der Waals surface area contributed by atoms with Gasteiger partial charge in [-0.25, -0.2) is 4.79 Å². The highest BCUT2D eigenvalue weighted by Crippen LogP contribution is 2.07. The van der Waals surface area contributed by atoms with Crippen LogP contribution in [0.5, 0.6) is 0 Å². The number of hydrogen-bond donors (Lipinski definition) is 3. The largest absolute Gasteiger partial charge is 0.392 e. The zero-order chi connectivity index (χ0) is 12.7. The monoisotopic (exact) mass is 243 g/mol. The van der Waals surface area contributed by atoms with Gasteiger partial charge in [0.15, 0.2) is 0 Å². The van der Waals surface area contributed by atoms with Crippen LogP contribution in [0.15, 0.2) is 0 Å². The summed E-state index contributed by atoms with van der Waals surface area (Å²) in [6, 6.07) is -0.441. The van der Waals surface area contributed by atoms with Crippen LogP contribution < -0.4 is 10.6 Å². The lowest BCUT2D eigenvalue weighted by Gasteiger charge is -2.14. The minimum Gasteiger partial charge on any atom is -0.392 e. The molecule has 0 aromatic heterocycles. The summed E-state index contributed by atoms with van der Waals surface area (Å²) in [5.41, 5.74) is 0. The molecule has 1 rings (SSSR count). The third-order valence-electron chi connectivity index (χ3n) is 2.68. The number of hydrogen-bond acceptors (Lipinski definition) is 4. The van der Waals surface area contributed by atoms with Gasteiger partial charge in [-0.2, -0.15) is 0 Å². The lowest BCUT2D eigenvalue weighted by Crippen LogP contribution is -2.44. The van der Waals surface area contributed by atoms with E-state index in [-0.39, 0.29) is 18.6 Å². The molecular formula is C11H21N3O3. The Bertz CT molecular complexity index is 271. The minimum absolute atomic E-state index is 0.165. The summed E-state index contributed by atoms with van der Waals surface area (Å²) in [5, 5.41) is 14.2. The number of unbranched alkanes of at least 4 members (excludes halogenated alkanes) is 1. The van der Waals surface area contributed by atoms with Crippen molar-refractivity contribution in [1.29, 1.82) is 0 Å². The maximum atomic E-state index is 11.5. The van der Waals surface area contributed by atoms with Crippen LogP contribution in [-0.4, -0.2) is 54.2 Å². The van der Waals surface area contributed by atoms with E-state index in [1.165, 1.54) is 0 Å². The molecule has 0 spiro atoms. The molecule has 6 nitrogen and oxygen atoms in total. The van der Waals surface area contributed by atoms with Gasteiger partial charge < -0.3 is 10.4 Å². The number of aliphatic hydroxyl groups excluding tert-OH is 1. The molecule has 98 valence electrons. The summed E-state index contributed by atoms with van der Waals surface area (Å²) in [7, 11) is 0. The first-order valence-electron chi connectivity index (χ1n) is 6.10. The van der Waals surface area contributed by atoms with Crippen LogP contribution in [0.4, 0.5) is 4.79 Å². The van der Waals surface area contributed by atoms with Gasteiger partial charge in [0, 0.05) is 19.6 Å². The highest BCUT2D eigenvalue weighted by atomic mass is 16.3. The average molecular weight is 243 g/mol. The number of likely N-dealkylation sites (tertiary alicyclic amines) is 1. The fraction of sp³-hybridized carbons (Fsp3) is 0.818. The van der Waals surface area contributed by atoms with Crippen molar-refractivity contribution in [2.45, 2.75) is 32.3 Å². The van der Waals surface area contributed by atoms with E-state index >= 15 is 0 Å². The highest BCUT2D eigenvalue weighted by molar-refractivity contribution is 5.95. The number of nitrogens with zero attached hydrogens (tertiary/aromatic N) is 1. The number of imide groups is 1. The van der Waals surface area contributed by atoms with Crippen LogP contribution in [0.25, 0.3) is 0 Å². The van der Waals surface area contributed by atoms with E-state index in [0.717, 1.165) is 12.8 Å². The van der Waals surface area contributed by atoms with Crippen LogP contribution in [-0.2, 0) is 4.79 Å². The Morgan fingerprint density at radius 3 is 2.82 bits per heavy atom. The number of β-amino-alcohol motifs (C(OH)–C–C–N with tert-alkyl or cyclic N) is 1. The number of carbonyl (C=O) groups is 2. The molecule has 1 saturated heterocycles. The molecule has 1 atom stereocenters. The normalized spacial score (nSPS) is 20.2. The molecule has 3 N–H and O–H groups in total. The molecule has 0 aromatic rings. The zero-order valence-electron chi connectivity index (χ0n) is 10.2. The third kappa shape index (κ3) is 5.65. The summed E-state index contributed by atoms with van der Waals surface area (Å²) < 4.78 is 0. The molecule has 0 unspecified atom stereocenters. The molecule has 1 fully saturated rings. The lowest BCUT2D eigenvalue weighted by atomic mass is 10.3. The van der Waals surface area contributed by atoms with Crippen LogP contribution in [0.2, 0.25) is 0 Å². The Morgan fingerprint density at radius 2 is 2.24 bits per heavy atom. The van der Waals surface area contributed by atoms with Crippen LogP contribution in [0.3, 0.4) is 0 Å². The second kappa shape index (κ2) is 7.24. The van der Waals surface area contributed by atoms with Gasteiger partial charge in [-0.1, -0.05) is 13.3 Å². The van der Waals surface area contributed by atoms with E-state index in [4.69, 9.17) is 0 Å². The van der Waals surface area contributed by atoms with Gasteiger partial charge in [0.1, 0.15) is 0 Å². The Balaban J connectivity index is 2.13.